The minimum Gasteiger partial charge on any atom is -0.464 e. The zero-order valence-electron chi connectivity index (χ0n) is 39.2. The molecule has 4 aliphatic heterocycles. The van der Waals surface area contributed by atoms with Crippen molar-refractivity contribution < 1.29 is 38.2 Å². The Hall–Kier alpha value is -5.90. The number of nitrogens with one attached hydrogen (secondary N) is 2. The van der Waals surface area contributed by atoms with Crippen LogP contribution in [0.3, 0.4) is 0 Å². The molecule has 6 bridgehead atoms. The van der Waals surface area contributed by atoms with Crippen LogP contribution in [0.15, 0.2) is 73.4 Å². The predicted octanol–water partition coefficient (Wildman–Crippen LogP) is 5.74. The van der Waals surface area contributed by atoms with Crippen molar-refractivity contribution in [1.82, 2.24) is 35.1 Å². The van der Waals surface area contributed by atoms with Gasteiger partial charge in [0.1, 0.15) is 24.9 Å². The van der Waals surface area contributed by atoms with Crippen LogP contribution in [0.25, 0.3) is 33.3 Å². The maximum atomic E-state index is 14.7. The van der Waals surface area contributed by atoms with Crippen molar-refractivity contribution in [3.05, 3.63) is 90.3 Å². The number of pyridine rings is 1. The molecule has 3 saturated heterocycles. The SMILES string of the molecule is C=CC(=O)N1CCC2(C1)OCN([C@H](C(=O)N[C@H]1Cc3cccc(c3)-c3ccc4c(c3)c(c(-c3cccnc3[C@H](C)OC)n4CC)CC(C)(C)COC(=O)[C@@H]3CCCN(N3)C1=O)C(C)C)C2=O. The molecule has 4 aromatic rings. The first kappa shape index (κ1) is 46.6. The molecule has 0 saturated carbocycles. The van der Waals surface area contributed by atoms with E-state index in [9.17, 15) is 24.0 Å². The van der Waals surface area contributed by atoms with E-state index in [-0.39, 0.29) is 50.1 Å². The fourth-order valence-electron chi connectivity index (χ4n) is 10.2. The van der Waals surface area contributed by atoms with Crippen LogP contribution in [0.2, 0.25) is 0 Å². The molecular weight excluding hydrogens is 839 g/mol. The Labute approximate surface area is 386 Å². The number of cyclic esters (lactones) is 1. The van der Waals surface area contributed by atoms with E-state index < -0.39 is 46.9 Å². The summed E-state index contributed by atoms with van der Waals surface area (Å²) in [5, 5.41) is 5.55. The Bertz CT molecular complexity index is 2550. The molecule has 15 nitrogen and oxygen atoms in total. The standard InChI is InChI=1S/C51H63N7O8/c1-9-42(59)55-23-20-51(28-55)49(63)57(30-66-51)44(31(3)4)46(60)53-40-25-33-14-11-15-34(24-33)35-18-19-41-37(26-35)38(45(56(41)10-2)36-16-12-21-52-43(36)32(5)64-8)27-50(6,7)29-65-48(62)39-17-13-22-58(54-39)47(40)61/h9,11-12,14-16,18-19,21,24,26,31-32,39-40,44,54H,1,10,13,17,20,22-23,25,27-30H2,2-8H3,(H,53,60)/t32-,39-,40-,44-,51?/m0/s1. The molecule has 0 aliphatic carbocycles. The summed E-state index contributed by atoms with van der Waals surface area (Å²) in [4.78, 5) is 77.7. The Kier molecular flexibility index (Phi) is 13.3. The fourth-order valence-corrected chi connectivity index (χ4v) is 10.2. The van der Waals surface area contributed by atoms with Crippen LogP contribution in [-0.2, 0) is 57.6 Å². The lowest BCUT2D eigenvalue weighted by Gasteiger charge is -2.36. The van der Waals surface area contributed by atoms with Crippen molar-refractivity contribution in [2.75, 3.05) is 40.1 Å². The number of likely N-dealkylation sites (tertiary alicyclic amines) is 1. The Morgan fingerprint density at radius 3 is 2.59 bits per heavy atom. The molecule has 350 valence electrons. The van der Waals surface area contributed by atoms with Crippen molar-refractivity contribution >= 4 is 40.5 Å². The van der Waals surface area contributed by atoms with Crippen molar-refractivity contribution in [1.29, 1.82) is 0 Å². The number of hydrogen-bond acceptors (Lipinski definition) is 10. The number of nitrogens with zero attached hydrogens (tertiary/aromatic N) is 5. The molecule has 4 amide bonds. The summed E-state index contributed by atoms with van der Waals surface area (Å²) in [6, 6.07) is 15.7. The van der Waals surface area contributed by atoms with Crippen molar-refractivity contribution in [3.63, 3.8) is 0 Å². The van der Waals surface area contributed by atoms with Gasteiger partial charge < -0.3 is 33.9 Å². The molecule has 3 fully saturated rings. The number of hydrazine groups is 1. The smallest absolute Gasteiger partial charge is 0.324 e. The number of esters is 1. The van der Waals surface area contributed by atoms with Gasteiger partial charge in [-0.05, 0) is 91.6 Å². The molecule has 6 heterocycles. The number of aryl methyl sites for hydroxylation is 1. The zero-order chi connectivity index (χ0) is 47.1. The molecule has 1 unspecified atom stereocenters. The van der Waals surface area contributed by atoms with Gasteiger partial charge in [0, 0.05) is 67.7 Å². The van der Waals surface area contributed by atoms with E-state index in [0.29, 0.717) is 45.3 Å². The number of amides is 4. The summed E-state index contributed by atoms with van der Waals surface area (Å²) < 4.78 is 20.4. The average molecular weight is 902 g/mol. The zero-order valence-corrected chi connectivity index (χ0v) is 39.2. The summed E-state index contributed by atoms with van der Waals surface area (Å²) in [6.45, 7) is 17.0. The molecule has 2 aromatic carbocycles. The van der Waals surface area contributed by atoms with Crippen LogP contribution in [-0.4, -0.2) is 118 Å². The molecular formula is C51H63N7O8. The van der Waals surface area contributed by atoms with Crippen LogP contribution in [0.1, 0.15) is 83.7 Å². The highest BCUT2D eigenvalue weighted by atomic mass is 16.5. The highest BCUT2D eigenvalue weighted by Gasteiger charge is 2.56. The van der Waals surface area contributed by atoms with Gasteiger partial charge in [0.15, 0.2) is 5.60 Å². The van der Waals surface area contributed by atoms with Crippen LogP contribution in [0.4, 0.5) is 0 Å². The molecule has 2 N–H and O–H groups in total. The first-order chi connectivity index (χ1) is 31.6. The van der Waals surface area contributed by atoms with E-state index >= 15 is 0 Å². The Morgan fingerprint density at radius 1 is 1.06 bits per heavy atom. The highest BCUT2D eigenvalue weighted by Crippen LogP contribution is 2.42. The maximum Gasteiger partial charge on any atom is 0.324 e. The maximum absolute atomic E-state index is 14.7. The highest BCUT2D eigenvalue weighted by molar-refractivity contribution is 5.97. The quantitative estimate of drug-likeness (QED) is 0.156. The van der Waals surface area contributed by atoms with Gasteiger partial charge in [0.05, 0.1) is 30.6 Å². The molecule has 4 aliphatic rings. The minimum absolute atomic E-state index is 0.0672. The number of ether oxygens (including phenoxy) is 3. The van der Waals surface area contributed by atoms with E-state index in [4.69, 9.17) is 19.2 Å². The molecule has 2 aromatic heterocycles. The van der Waals surface area contributed by atoms with Gasteiger partial charge in [-0.2, -0.15) is 0 Å². The molecule has 5 atom stereocenters. The van der Waals surface area contributed by atoms with Crippen LogP contribution >= 0.6 is 0 Å². The molecule has 15 heteroatoms. The number of carbonyl (C=O) groups excluding carboxylic acids is 5. The van der Waals surface area contributed by atoms with E-state index in [1.807, 2.05) is 45.0 Å². The minimum atomic E-state index is -1.26. The number of methoxy groups -OCH3 is 1. The largest absolute Gasteiger partial charge is 0.464 e. The number of fused-ring (bicyclic) bond motifs is 6. The van der Waals surface area contributed by atoms with Crippen molar-refractivity contribution in [2.45, 2.75) is 110 Å². The topological polar surface area (TPSA) is 165 Å². The van der Waals surface area contributed by atoms with E-state index in [0.717, 1.165) is 50.1 Å². The Balaban J connectivity index is 1.18. The first-order valence-corrected chi connectivity index (χ1v) is 23.2. The normalized spacial score (nSPS) is 23.3. The van der Waals surface area contributed by atoms with Crippen molar-refractivity contribution in [3.8, 4) is 22.4 Å². The average Bonchev–Trinajstić information content (AvgIpc) is 3.99. The molecule has 66 heavy (non-hydrogen) atoms. The second kappa shape index (κ2) is 18.8. The third-order valence-electron chi connectivity index (χ3n) is 13.7. The lowest BCUT2D eigenvalue weighted by atomic mass is 9.84. The first-order valence-electron chi connectivity index (χ1n) is 23.2. The van der Waals surface area contributed by atoms with Crippen LogP contribution in [0, 0.1) is 11.3 Å². The lowest BCUT2D eigenvalue weighted by Crippen LogP contribution is -2.62. The third-order valence-corrected chi connectivity index (χ3v) is 13.7. The van der Waals surface area contributed by atoms with Crippen LogP contribution in [0.5, 0.6) is 0 Å². The summed E-state index contributed by atoms with van der Waals surface area (Å²) >= 11 is 0. The molecule has 8 rings (SSSR count). The molecule has 0 radical (unpaired) electrons. The third kappa shape index (κ3) is 8.87. The number of aromatic nitrogens is 2. The monoisotopic (exact) mass is 901 g/mol. The second-order valence-corrected chi connectivity index (χ2v) is 19.3. The van der Waals surface area contributed by atoms with E-state index in [1.165, 1.54) is 20.9 Å². The van der Waals surface area contributed by atoms with Gasteiger partial charge in [-0.1, -0.05) is 64.6 Å². The summed E-state index contributed by atoms with van der Waals surface area (Å²) in [5.74, 6) is -2.39. The summed E-state index contributed by atoms with van der Waals surface area (Å²) in [5.41, 5.74) is 9.15. The van der Waals surface area contributed by atoms with Crippen LogP contribution < -0.4 is 10.7 Å². The van der Waals surface area contributed by atoms with Gasteiger partial charge in [-0.25, -0.2) is 5.43 Å². The lowest BCUT2D eigenvalue weighted by molar-refractivity contribution is -0.155. The number of benzene rings is 2. The predicted molar refractivity (Wildman–Crippen MR) is 249 cm³/mol. The number of rotatable bonds is 9. The van der Waals surface area contributed by atoms with Gasteiger partial charge in [-0.3, -0.25) is 34.0 Å². The fraction of sp³-hybridized carbons (Fsp3) is 0.490. The van der Waals surface area contributed by atoms with Gasteiger partial charge in [-0.15, -0.1) is 0 Å². The van der Waals surface area contributed by atoms with E-state index in [2.05, 4.69) is 73.0 Å². The van der Waals surface area contributed by atoms with Gasteiger partial charge in [0.2, 0.25) is 11.8 Å². The van der Waals surface area contributed by atoms with Crippen molar-refractivity contribution in [2.24, 2.45) is 11.3 Å². The molecule has 1 spiro atoms. The summed E-state index contributed by atoms with van der Waals surface area (Å²) in [6.07, 6.45) is 4.76. The van der Waals surface area contributed by atoms with E-state index in [1.54, 1.807) is 13.3 Å². The number of hydrogen-bond donors (Lipinski definition) is 2. The van der Waals surface area contributed by atoms with Gasteiger partial charge in [0.25, 0.3) is 11.8 Å². The Morgan fingerprint density at radius 2 is 1.85 bits per heavy atom. The van der Waals surface area contributed by atoms with Gasteiger partial charge >= 0.3 is 5.97 Å². The number of carbonyl (C=O) groups is 5. The second-order valence-electron chi connectivity index (χ2n) is 19.3. The summed E-state index contributed by atoms with van der Waals surface area (Å²) in [7, 11) is 1.69.